The zero-order valence-corrected chi connectivity index (χ0v) is 11.9. The number of aromatic nitrogens is 2. The first-order valence-electron chi connectivity index (χ1n) is 5.70. The summed E-state index contributed by atoms with van der Waals surface area (Å²) in [6, 6.07) is 8.65. The molecular formula is C13H10BrN3O3. The van der Waals surface area contributed by atoms with Crippen LogP contribution in [0.25, 0.3) is 11.3 Å². The third-order valence-corrected chi connectivity index (χ3v) is 2.82. The van der Waals surface area contributed by atoms with Crippen LogP contribution in [0.1, 0.15) is 5.69 Å². The highest BCUT2D eigenvalue weighted by molar-refractivity contribution is 9.09. The minimum absolute atomic E-state index is 0.0881. The minimum Gasteiger partial charge on any atom is -0.490 e. The molecule has 0 radical (unpaired) electrons. The summed E-state index contributed by atoms with van der Waals surface area (Å²) >= 11 is 3.27. The predicted molar refractivity (Wildman–Crippen MR) is 74.0 cm³/mol. The van der Waals surface area contributed by atoms with E-state index in [1.165, 1.54) is 0 Å². The van der Waals surface area contributed by atoms with Gasteiger partial charge in [-0.05, 0) is 29.2 Å². The predicted octanol–water partition coefficient (Wildman–Crippen LogP) is 2.18. The van der Waals surface area contributed by atoms with Crippen LogP contribution in [0.15, 0.2) is 41.0 Å². The minimum atomic E-state index is -0.168. The fraction of sp³-hybridized carbons (Fsp3) is 0.154. The lowest BCUT2D eigenvalue weighted by Crippen LogP contribution is -2.26. The third-order valence-electron chi connectivity index (χ3n) is 2.45. The molecule has 0 amide bonds. The van der Waals surface area contributed by atoms with Gasteiger partial charge in [0.1, 0.15) is 12.4 Å². The second kappa shape index (κ2) is 6.73. The molecule has 2 rings (SSSR count). The zero-order valence-electron chi connectivity index (χ0n) is 10.3. The van der Waals surface area contributed by atoms with E-state index in [2.05, 4.69) is 25.7 Å². The number of allylic oxidation sites excluding steroid dienone is 1. The van der Waals surface area contributed by atoms with Gasteiger partial charge in [0.25, 0.3) is 5.69 Å². The molecule has 7 heteroatoms. The Morgan fingerprint density at radius 2 is 2.15 bits per heavy atom. The quantitative estimate of drug-likeness (QED) is 0.474. The number of hydrogen-bond donors (Lipinski definition) is 0. The Kier molecular flexibility index (Phi) is 4.74. The van der Waals surface area contributed by atoms with Crippen LogP contribution >= 0.6 is 15.9 Å². The van der Waals surface area contributed by atoms with Gasteiger partial charge in [-0.25, -0.2) is 0 Å². The summed E-state index contributed by atoms with van der Waals surface area (Å²) in [6.45, 7) is 0.471. The smallest absolute Gasteiger partial charge is 0.302 e. The molecule has 0 saturated heterocycles. The first-order chi connectivity index (χ1) is 9.76. The Morgan fingerprint density at radius 1 is 1.40 bits per heavy atom. The van der Waals surface area contributed by atoms with Crippen LogP contribution in [0.2, 0.25) is 0 Å². The van der Waals surface area contributed by atoms with Gasteiger partial charge in [-0.3, -0.25) is 4.63 Å². The molecular weight excluding hydrogens is 326 g/mol. The van der Waals surface area contributed by atoms with Crippen molar-refractivity contribution in [2.45, 2.75) is 0 Å². The number of hydrogen-bond acceptors (Lipinski definition) is 5. The zero-order chi connectivity index (χ0) is 14.4. The van der Waals surface area contributed by atoms with E-state index in [9.17, 15) is 5.21 Å². The Morgan fingerprint density at radius 3 is 2.80 bits per heavy atom. The van der Waals surface area contributed by atoms with E-state index in [-0.39, 0.29) is 16.3 Å². The van der Waals surface area contributed by atoms with Gasteiger partial charge in [0.15, 0.2) is 6.07 Å². The largest absolute Gasteiger partial charge is 0.490 e. The molecule has 102 valence electrons. The van der Waals surface area contributed by atoms with Crippen molar-refractivity contribution in [2.24, 2.45) is 0 Å². The molecule has 1 aromatic carbocycles. The molecule has 0 bridgehead atoms. The molecule has 1 aromatic heterocycles. The van der Waals surface area contributed by atoms with Crippen molar-refractivity contribution in [1.29, 1.82) is 5.26 Å². The van der Waals surface area contributed by atoms with E-state index in [4.69, 9.17) is 10.00 Å². The molecule has 0 N–H and O–H groups in total. The molecule has 6 nitrogen and oxygen atoms in total. The average molecular weight is 336 g/mol. The summed E-state index contributed by atoms with van der Waals surface area (Å²) in [5.41, 5.74) is 0.662. The van der Waals surface area contributed by atoms with Crippen molar-refractivity contribution < 1.29 is 14.3 Å². The van der Waals surface area contributed by atoms with Gasteiger partial charge in [0.05, 0.1) is 0 Å². The lowest BCUT2D eigenvalue weighted by molar-refractivity contribution is -0.804. The molecule has 2 aromatic rings. The molecule has 0 aliphatic rings. The highest BCUT2D eigenvalue weighted by Crippen LogP contribution is 2.22. The van der Waals surface area contributed by atoms with Gasteiger partial charge in [-0.2, -0.15) is 5.26 Å². The molecule has 1 heterocycles. The second-order valence-electron chi connectivity index (χ2n) is 3.70. The van der Waals surface area contributed by atoms with Crippen LogP contribution in [-0.4, -0.2) is 17.1 Å². The Labute approximate surface area is 123 Å². The first kappa shape index (κ1) is 14.1. The number of ether oxygens (including phenoxy) is 1. The number of halogens is 1. The van der Waals surface area contributed by atoms with Crippen LogP contribution in [-0.2, 0) is 0 Å². The normalized spacial score (nSPS) is 10.6. The summed E-state index contributed by atoms with van der Waals surface area (Å²) in [4.78, 5) is 0.0881. The van der Waals surface area contributed by atoms with Crippen molar-refractivity contribution in [3.63, 3.8) is 0 Å². The van der Waals surface area contributed by atoms with Gasteiger partial charge in [-0.15, -0.1) is 0 Å². The van der Waals surface area contributed by atoms with Gasteiger partial charge in [-0.1, -0.05) is 28.1 Å². The van der Waals surface area contributed by atoms with Crippen LogP contribution in [0.5, 0.6) is 5.75 Å². The van der Waals surface area contributed by atoms with Gasteiger partial charge >= 0.3 is 5.69 Å². The summed E-state index contributed by atoms with van der Waals surface area (Å²) in [6.07, 6.45) is 3.84. The third kappa shape index (κ3) is 3.16. The van der Waals surface area contributed by atoms with Crippen LogP contribution in [0.3, 0.4) is 0 Å². The summed E-state index contributed by atoms with van der Waals surface area (Å²) in [7, 11) is 0. The number of nitrogens with zero attached hydrogens (tertiary/aromatic N) is 3. The Balaban J connectivity index is 2.12. The molecule has 0 aliphatic carbocycles. The Bertz CT molecular complexity index is 644. The molecule has 0 spiro atoms. The monoisotopic (exact) mass is 335 g/mol. The van der Waals surface area contributed by atoms with Gasteiger partial charge in [0.2, 0.25) is 0 Å². The van der Waals surface area contributed by atoms with Crippen molar-refractivity contribution in [2.75, 3.05) is 11.9 Å². The van der Waals surface area contributed by atoms with Crippen molar-refractivity contribution in [1.82, 2.24) is 5.16 Å². The standard InChI is InChI=1S/C13H10BrN3O3/c14-7-1-2-8-19-11-5-3-10(4-6-11)13-12(9-15)17(18)20-16-13/h1-6H,7-8H2/b2-1+. The summed E-state index contributed by atoms with van der Waals surface area (Å²) in [5.74, 6) is 0.685. The fourth-order valence-electron chi connectivity index (χ4n) is 1.52. The van der Waals surface area contributed by atoms with Crippen molar-refractivity contribution in [3.8, 4) is 23.1 Å². The maximum absolute atomic E-state index is 11.1. The van der Waals surface area contributed by atoms with E-state index >= 15 is 0 Å². The molecule has 0 aliphatic heterocycles. The SMILES string of the molecule is N#Cc1c(-c2ccc(OC/C=C/CBr)cc2)no[n+]1[O-]. The molecule has 20 heavy (non-hydrogen) atoms. The van der Waals surface area contributed by atoms with Crippen LogP contribution in [0, 0.1) is 16.5 Å². The topological polar surface area (TPSA) is 86.0 Å². The molecule has 0 atom stereocenters. The summed E-state index contributed by atoms with van der Waals surface area (Å²) < 4.78 is 9.88. The van der Waals surface area contributed by atoms with E-state index < -0.39 is 0 Å². The number of alkyl halides is 1. The summed E-state index contributed by atoms with van der Waals surface area (Å²) in [5, 5.41) is 24.4. The van der Waals surface area contributed by atoms with Crippen molar-refractivity contribution >= 4 is 15.9 Å². The fourth-order valence-corrected chi connectivity index (χ4v) is 1.78. The number of rotatable bonds is 5. The number of benzene rings is 1. The van der Waals surface area contributed by atoms with E-state index in [0.717, 1.165) is 5.33 Å². The highest BCUT2D eigenvalue weighted by atomic mass is 79.9. The molecule has 0 fully saturated rings. The van der Waals surface area contributed by atoms with Crippen LogP contribution < -0.4 is 9.64 Å². The highest BCUT2D eigenvalue weighted by Gasteiger charge is 2.20. The maximum Gasteiger partial charge on any atom is 0.302 e. The number of nitriles is 1. The van der Waals surface area contributed by atoms with Gasteiger partial charge < -0.3 is 9.94 Å². The van der Waals surface area contributed by atoms with E-state index in [1.807, 2.05) is 12.2 Å². The van der Waals surface area contributed by atoms with Crippen LogP contribution in [0.4, 0.5) is 0 Å². The maximum atomic E-state index is 11.1. The first-order valence-corrected chi connectivity index (χ1v) is 6.82. The van der Waals surface area contributed by atoms with E-state index in [0.29, 0.717) is 17.9 Å². The van der Waals surface area contributed by atoms with Gasteiger partial charge in [0, 0.05) is 16.1 Å². The lowest BCUT2D eigenvalue weighted by Gasteiger charge is -2.02. The Hall–Kier alpha value is -2.33. The average Bonchev–Trinajstić information content (AvgIpc) is 2.85. The lowest BCUT2D eigenvalue weighted by atomic mass is 10.1. The van der Waals surface area contributed by atoms with E-state index in [1.54, 1.807) is 30.3 Å². The second-order valence-corrected chi connectivity index (χ2v) is 4.35. The molecule has 0 saturated carbocycles. The van der Waals surface area contributed by atoms with Crippen molar-refractivity contribution in [3.05, 3.63) is 47.3 Å². The molecule has 0 unspecified atom stereocenters.